The lowest BCUT2D eigenvalue weighted by Crippen LogP contribution is -2.29. The summed E-state index contributed by atoms with van der Waals surface area (Å²) in [7, 11) is 0. The van der Waals surface area contributed by atoms with Crippen molar-refractivity contribution in [1.82, 2.24) is 0 Å². The third-order valence-corrected chi connectivity index (χ3v) is 11.5. The first-order chi connectivity index (χ1) is 22.5. The Morgan fingerprint density at radius 2 is 1.04 bits per heavy atom. The molecule has 6 aromatic rings. The molecule has 0 heterocycles. The molecule has 0 fully saturated rings. The standard InChI is InChI=1S/C46H40/c1-4-30(3)33-20-22-43-42-21-11-29(2)23-44(42)46(45(43)28-33,40-9-5-7-34(26-40)38-18-14-31-12-16-36(31)24-38)41-10-6-8-35(27-41)39-19-15-32-13-17-37(32)25-39/h5-11,14-15,18-28,30H,4,12-13,16-17H2,1-3H3. The molecule has 3 aliphatic rings. The molecule has 9 rings (SSSR count). The second-order valence-corrected chi connectivity index (χ2v) is 14.0. The number of aryl methyl sites for hydroxylation is 5. The predicted molar refractivity (Wildman–Crippen MR) is 193 cm³/mol. The zero-order valence-corrected chi connectivity index (χ0v) is 27.2. The first-order valence-corrected chi connectivity index (χ1v) is 17.2. The summed E-state index contributed by atoms with van der Waals surface area (Å²) in [6.07, 6.45) is 5.94. The molecule has 3 aliphatic carbocycles. The average Bonchev–Trinajstić information content (AvgIpc) is 3.35. The minimum atomic E-state index is -0.439. The van der Waals surface area contributed by atoms with Crippen LogP contribution in [0.1, 0.15) is 81.8 Å². The van der Waals surface area contributed by atoms with E-state index in [1.54, 1.807) is 0 Å². The third-order valence-electron chi connectivity index (χ3n) is 11.5. The van der Waals surface area contributed by atoms with Gasteiger partial charge in [-0.15, -0.1) is 0 Å². The Kier molecular flexibility index (Phi) is 6.26. The molecule has 0 aliphatic heterocycles. The van der Waals surface area contributed by atoms with Crippen molar-refractivity contribution in [2.24, 2.45) is 0 Å². The van der Waals surface area contributed by atoms with Crippen molar-refractivity contribution in [2.45, 2.75) is 64.2 Å². The molecule has 46 heavy (non-hydrogen) atoms. The van der Waals surface area contributed by atoms with Gasteiger partial charge >= 0.3 is 0 Å². The predicted octanol–water partition coefficient (Wildman–Crippen LogP) is 11.4. The van der Waals surface area contributed by atoms with Gasteiger partial charge in [0.2, 0.25) is 0 Å². The Labute approximate surface area is 273 Å². The maximum atomic E-state index is 2.55. The van der Waals surface area contributed by atoms with Crippen LogP contribution in [0.15, 0.2) is 121 Å². The molecule has 0 aromatic heterocycles. The van der Waals surface area contributed by atoms with E-state index in [-0.39, 0.29) is 0 Å². The van der Waals surface area contributed by atoms with Gasteiger partial charge in [0.1, 0.15) is 0 Å². The van der Waals surface area contributed by atoms with Crippen LogP contribution in [0.5, 0.6) is 0 Å². The van der Waals surface area contributed by atoms with Gasteiger partial charge in [-0.2, -0.15) is 0 Å². The van der Waals surface area contributed by atoms with Crippen LogP contribution in [0.2, 0.25) is 0 Å². The molecule has 0 radical (unpaired) electrons. The van der Waals surface area contributed by atoms with Crippen molar-refractivity contribution >= 4 is 0 Å². The number of hydrogen-bond donors (Lipinski definition) is 0. The van der Waals surface area contributed by atoms with E-state index in [2.05, 4.69) is 142 Å². The molecular formula is C46H40. The van der Waals surface area contributed by atoms with Crippen molar-refractivity contribution in [1.29, 1.82) is 0 Å². The van der Waals surface area contributed by atoms with Crippen molar-refractivity contribution in [3.05, 3.63) is 177 Å². The van der Waals surface area contributed by atoms with Crippen molar-refractivity contribution in [3.63, 3.8) is 0 Å². The fraction of sp³-hybridized carbons (Fsp3) is 0.217. The highest BCUT2D eigenvalue weighted by molar-refractivity contribution is 5.88. The molecule has 0 bridgehead atoms. The monoisotopic (exact) mass is 592 g/mol. The second-order valence-electron chi connectivity index (χ2n) is 14.0. The van der Waals surface area contributed by atoms with Crippen molar-refractivity contribution < 1.29 is 0 Å². The lowest BCUT2D eigenvalue weighted by Gasteiger charge is -2.35. The van der Waals surface area contributed by atoms with Gasteiger partial charge in [0.15, 0.2) is 0 Å². The maximum absolute atomic E-state index is 2.55. The van der Waals surface area contributed by atoms with E-state index in [9.17, 15) is 0 Å². The van der Waals surface area contributed by atoms with Gasteiger partial charge in [-0.1, -0.05) is 129 Å². The summed E-state index contributed by atoms with van der Waals surface area (Å²) >= 11 is 0. The first kappa shape index (κ1) is 27.6. The average molecular weight is 593 g/mol. The minimum absolute atomic E-state index is 0.439. The van der Waals surface area contributed by atoms with Gasteiger partial charge in [0.05, 0.1) is 5.41 Å². The molecule has 0 N–H and O–H groups in total. The lowest BCUT2D eigenvalue weighted by molar-refractivity contribution is 0.722. The van der Waals surface area contributed by atoms with Gasteiger partial charge in [-0.25, -0.2) is 0 Å². The van der Waals surface area contributed by atoms with E-state index in [0.29, 0.717) is 5.92 Å². The van der Waals surface area contributed by atoms with Gasteiger partial charge in [-0.05, 0) is 141 Å². The van der Waals surface area contributed by atoms with E-state index in [1.165, 1.54) is 115 Å². The summed E-state index contributed by atoms with van der Waals surface area (Å²) in [5.41, 5.74) is 21.8. The summed E-state index contributed by atoms with van der Waals surface area (Å²) in [6.45, 7) is 6.92. The fourth-order valence-electron chi connectivity index (χ4n) is 8.40. The van der Waals surface area contributed by atoms with Gasteiger partial charge in [0.25, 0.3) is 0 Å². The Bertz CT molecular complexity index is 2080. The van der Waals surface area contributed by atoms with Crippen molar-refractivity contribution in [2.75, 3.05) is 0 Å². The minimum Gasteiger partial charge on any atom is -0.0648 e. The van der Waals surface area contributed by atoms with E-state index >= 15 is 0 Å². The quantitative estimate of drug-likeness (QED) is 0.180. The van der Waals surface area contributed by atoms with Gasteiger partial charge in [-0.3, -0.25) is 0 Å². The van der Waals surface area contributed by atoms with Crippen LogP contribution in [-0.2, 0) is 31.1 Å². The van der Waals surface area contributed by atoms with Crippen LogP contribution < -0.4 is 0 Å². The third kappa shape index (κ3) is 4.06. The Hall–Kier alpha value is -4.68. The largest absolute Gasteiger partial charge is 0.0714 e. The molecule has 0 spiro atoms. The molecule has 0 saturated carbocycles. The highest BCUT2D eigenvalue weighted by Crippen LogP contribution is 2.57. The normalized spacial score (nSPS) is 15.5. The Morgan fingerprint density at radius 3 is 1.57 bits per heavy atom. The van der Waals surface area contributed by atoms with Crippen molar-refractivity contribution in [3.8, 4) is 33.4 Å². The molecule has 0 saturated heterocycles. The number of benzene rings is 6. The molecule has 1 unspecified atom stereocenters. The zero-order valence-electron chi connectivity index (χ0n) is 27.2. The van der Waals surface area contributed by atoms with Crippen LogP contribution >= 0.6 is 0 Å². The maximum Gasteiger partial charge on any atom is 0.0714 e. The molecular weight excluding hydrogens is 553 g/mol. The highest BCUT2D eigenvalue weighted by Gasteiger charge is 2.46. The summed E-state index contributed by atoms with van der Waals surface area (Å²) < 4.78 is 0. The topological polar surface area (TPSA) is 0 Å². The summed E-state index contributed by atoms with van der Waals surface area (Å²) in [5, 5.41) is 0. The molecule has 1 atom stereocenters. The van der Waals surface area contributed by atoms with E-state index in [1.807, 2.05) is 0 Å². The van der Waals surface area contributed by atoms with Crippen LogP contribution in [0.25, 0.3) is 33.4 Å². The van der Waals surface area contributed by atoms with Crippen LogP contribution in [0.4, 0.5) is 0 Å². The molecule has 6 aromatic carbocycles. The summed E-state index contributed by atoms with van der Waals surface area (Å²) in [4.78, 5) is 0. The van der Waals surface area contributed by atoms with E-state index in [4.69, 9.17) is 0 Å². The Morgan fingerprint density at radius 1 is 0.522 bits per heavy atom. The SMILES string of the molecule is CCC(C)c1ccc2c(c1)C(c1cccc(-c3ccc4c(c3)CC4)c1)(c1cccc(-c3ccc4c(c3)CC4)c1)c1cc(C)ccc1-2. The number of rotatable bonds is 6. The fourth-order valence-corrected chi connectivity index (χ4v) is 8.40. The molecule has 0 nitrogen and oxygen atoms in total. The van der Waals surface area contributed by atoms with E-state index < -0.39 is 5.41 Å². The van der Waals surface area contributed by atoms with E-state index in [0.717, 1.165) is 6.42 Å². The van der Waals surface area contributed by atoms with Crippen LogP contribution in [-0.4, -0.2) is 0 Å². The second kappa shape index (κ2) is 10.4. The van der Waals surface area contributed by atoms with Crippen LogP contribution in [0, 0.1) is 6.92 Å². The number of hydrogen-bond acceptors (Lipinski definition) is 0. The smallest absolute Gasteiger partial charge is 0.0648 e. The van der Waals surface area contributed by atoms with Gasteiger partial charge < -0.3 is 0 Å². The first-order valence-electron chi connectivity index (χ1n) is 17.2. The lowest BCUT2D eigenvalue weighted by atomic mass is 9.66. The summed E-state index contributed by atoms with van der Waals surface area (Å²) in [6, 6.07) is 47.6. The highest BCUT2D eigenvalue weighted by atomic mass is 14.5. The van der Waals surface area contributed by atoms with Crippen LogP contribution in [0.3, 0.4) is 0 Å². The molecule has 0 amide bonds. The molecule has 0 heteroatoms. The Balaban J connectivity index is 1.34. The summed E-state index contributed by atoms with van der Waals surface area (Å²) in [5.74, 6) is 0.496. The zero-order chi connectivity index (χ0) is 31.0. The molecule has 224 valence electrons. The number of fused-ring (bicyclic) bond motifs is 5. The van der Waals surface area contributed by atoms with Gasteiger partial charge in [0, 0.05) is 0 Å².